The molecule has 0 aromatic heterocycles. The predicted molar refractivity (Wildman–Crippen MR) is 76.2 cm³/mol. The fourth-order valence-corrected chi connectivity index (χ4v) is 2.49. The van der Waals surface area contributed by atoms with Crippen LogP contribution in [0.3, 0.4) is 0 Å². The van der Waals surface area contributed by atoms with E-state index in [1.54, 1.807) is 18.2 Å². The van der Waals surface area contributed by atoms with E-state index in [-0.39, 0.29) is 25.1 Å². The lowest BCUT2D eigenvalue weighted by atomic mass is 10.2. The van der Waals surface area contributed by atoms with Gasteiger partial charge in [0.15, 0.2) is 0 Å². The molecule has 0 saturated carbocycles. The van der Waals surface area contributed by atoms with E-state index >= 15 is 0 Å². The molecule has 1 aliphatic rings. The van der Waals surface area contributed by atoms with Gasteiger partial charge in [-0.2, -0.15) is 0 Å². The van der Waals surface area contributed by atoms with Crippen molar-refractivity contribution in [3.05, 3.63) is 23.2 Å². The highest BCUT2D eigenvalue weighted by Crippen LogP contribution is 2.23. The highest BCUT2D eigenvalue weighted by Gasteiger charge is 2.25. The number of amides is 1. The van der Waals surface area contributed by atoms with Crippen molar-refractivity contribution >= 4 is 28.9 Å². The van der Waals surface area contributed by atoms with Gasteiger partial charge in [0.2, 0.25) is 5.91 Å². The summed E-state index contributed by atoms with van der Waals surface area (Å²) in [5.74, 6) is -0.144. The van der Waals surface area contributed by atoms with E-state index in [0.29, 0.717) is 16.4 Å². The van der Waals surface area contributed by atoms with Crippen molar-refractivity contribution in [1.82, 2.24) is 4.90 Å². The zero-order valence-corrected chi connectivity index (χ0v) is 11.4. The summed E-state index contributed by atoms with van der Waals surface area (Å²) < 4.78 is 0. The van der Waals surface area contributed by atoms with Crippen molar-refractivity contribution in [1.29, 1.82) is 0 Å². The minimum atomic E-state index is -0.144. The largest absolute Gasteiger partial charge is 0.397 e. The summed E-state index contributed by atoms with van der Waals surface area (Å²) in [5.41, 5.74) is 6.78. The summed E-state index contributed by atoms with van der Waals surface area (Å²) in [6, 6.07) is 5.05. The maximum Gasteiger partial charge on any atom is 0.238 e. The van der Waals surface area contributed by atoms with Crippen molar-refractivity contribution in [2.45, 2.75) is 18.9 Å². The summed E-state index contributed by atoms with van der Waals surface area (Å²) in [4.78, 5) is 13.9. The van der Waals surface area contributed by atoms with Crippen molar-refractivity contribution in [3.63, 3.8) is 0 Å². The first kappa shape index (κ1) is 14.1. The normalized spacial score (nSPS) is 19.6. The molecule has 1 amide bonds. The number of likely N-dealkylation sites (tertiary alicyclic amines) is 1. The maximum absolute atomic E-state index is 12.0. The first-order chi connectivity index (χ1) is 9.10. The summed E-state index contributed by atoms with van der Waals surface area (Å²) in [7, 11) is 0. The van der Waals surface area contributed by atoms with Gasteiger partial charge in [-0.05, 0) is 37.6 Å². The number of benzene rings is 1. The number of nitrogens with one attached hydrogen (secondary N) is 1. The van der Waals surface area contributed by atoms with Crippen LogP contribution in [-0.2, 0) is 4.79 Å². The first-order valence-corrected chi connectivity index (χ1v) is 6.67. The van der Waals surface area contributed by atoms with E-state index in [9.17, 15) is 9.90 Å². The third kappa shape index (κ3) is 3.59. The molecule has 1 aromatic carbocycles. The van der Waals surface area contributed by atoms with Crippen LogP contribution >= 0.6 is 11.6 Å². The number of aliphatic hydroxyl groups excluding tert-OH is 1. The first-order valence-electron chi connectivity index (χ1n) is 6.30. The second-order valence-electron chi connectivity index (χ2n) is 4.73. The number of carbonyl (C=O) groups excluding carboxylic acids is 1. The van der Waals surface area contributed by atoms with Gasteiger partial charge in [-0.1, -0.05) is 11.6 Å². The Morgan fingerprint density at radius 2 is 2.37 bits per heavy atom. The summed E-state index contributed by atoms with van der Waals surface area (Å²) >= 11 is 5.87. The van der Waals surface area contributed by atoms with Gasteiger partial charge in [-0.15, -0.1) is 0 Å². The molecule has 5 nitrogen and oxygen atoms in total. The molecule has 0 spiro atoms. The van der Waals surface area contributed by atoms with Gasteiger partial charge >= 0.3 is 0 Å². The number of carbonyl (C=O) groups is 1. The van der Waals surface area contributed by atoms with Crippen LogP contribution in [0.4, 0.5) is 11.4 Å². The monoisotopic (exact) mass is 283 g/mol. The number of hydrogen-bond donors (Lipinski definition) is 3. The van der Waals surface area contributed by atoms with Crippen molar-refractivity contribution in [2.24, 2.45) is 0 Å². The second kappa shape index (κ2) is 6.23. The van der Waals surface area contributed by atoms with Gasteiger partial charge in [0.05, 0.1) is 24.5 Å². The Labute approximate surface area is 117 Å². The van der Waals surface area contributed by atoms with Gasteiger partial charge in [0, 0.05) is 11.1 Å². The molecule has 1 aromatic rings. The van der Waals surface area contributed by atoms with Crippen LogP contribution in [0, 0.1) is 0 Å². The number of hydrogen-bond acceptors (Lipinski definition) is 4. The Morgan fingerprint density at radius 1 is 1.58 bits per heavy atom. The van der Waals surface area contributed by atoms with E-state index in [1.165, 1.54) is 0 Å². The quantitative estimate of drug-likeness (QED) is 0.728. The number of aliphatic hydroxyl groups is 1. The van der Waals surface area contributed by atoms with E-state index in [1.807, 2.05) is 4.90 Å². The molecule has 104 valence electrons. The average molecular weight is 284 g/mol. The lowest BCUT2D eigenvalue weighted by Gasteiger charge is -2.22. The molecule has 1 unspecified atom stereocenters. The summed E-state index contributed by atoms with van der Waals surface area (Å²) in [6.45, 7) is 1.19. The number of rotatable bonds is 4. The molecular weight excluding hydrogens is 266 g/mol. The molecule has 1 aliphatic heterocycles. The molecule has 0 aliphatic carbocycles. The Balaban J connectivity index is 1.95. The van der Waals surface area contributed by atoms with Crippen LogP contribution in [0.2, 0.25) is 5.02 Å². The second-order valence-corrected chi connectivity index (χ2v) is 5.17. The van der Waals surface area contributed by atoms with Crippen molar-refractivity contribution in [3.8, 4) is 0 Å². The minimum absolute atomic E-state index is 0.0856. The molecule has 0 bridgehead atoms. The van der Waals surface area contributed by atoms with Gasteiger partial charge < -0.3 is 16.2 Å². The van der Waals surface area contributed by atoms with Crippen LogP contribution in [-0.4, -0.2) is 41.7 Å². The maximum atomic E-state index is 12.0. The topological polar surface area (TPSA) is 78.6 Å². The summed E-state index contributed by atoms with van der Waals surface area (Å²) in [5, 5.41) is 12.5. The Morgan fingerprint density at radius 3 is 3.11 bits per heavy atom. The lowest BCUT2D eigenvalue weighted by Crippen LogP contribution is -2.38. The van der Waals surface area contributed by atoms with Crippen LogP contribution in [0.15, 0.2) is 18.2 Å². The molecule has 2 rings (SSSR count). The molecule has 1 saturated heterocycles. The Bertz CT molecular complexity index is 467. The van der Waals surface area contributed by atoms with Gasteiger partial charge in [-0.25, -0.2) is 0 Å². The molecular formula is C13H18ClN3O2. The zero-order chi connectivity index (χ0) is 13.8. The number of nitrogens with two attached hydrogens (primary N) is 1. The zero-order valence-electron chi connectivity index (χ0n) is 10.6. The van der Waals surface area contributed by atoms with Gasteiger partial charge in [0.25, 0.3) is 0 Å². The van der Waals surface area contributed by atoms with E-state index in [0.717, 1.165) is 19.4 Å². The molecule has 1 atom stereocenters. The summed E-state index contributed by atoms with van der Waals surface area (Å²) in [6.07, 6.45) is 1.95. The van der Waals surface area contributed by atoms with Crippen LogP contribution < -0.4 is 11.1 Å². The number of nitrogens with zero attached hydrogens (tertiary/aromatic N) is 1. The minimum Gasteiger partial charge on any atom is -0.397 e. The Kier molecular flexibility index (Phi) is 4.63. The molecule has 1 fully saturated rings. The molecule has 4 N–H and O–H groups in total. The number of nitrogen functional groups attached to an aromatic ring is 1. The van der Waals surface area contributed by atoms with E-state index in [4.69, 9.17) is 17.3 Å². The van der Waals surface area contributed by atoms with E-state index in [2.05, 4.69) is 5.32 Å². The molecule has 6 heteroatoms. The van der Waals surface area contributed by atoms with Crippen molar-refractivity contribution in [2.75, 3.05) is 30.7 Å². The number of anilines is 2. The van der Waals surface area contributed by atoms with Crippen LogP contribution in [0.1, 0.15) is 12.8 Å². The highest BCUT2D eigenvalue weighted by molar-refractivity contribution is 6.31. The standard InChI is InChI=1S/C13H18ClN3O2/c14-9-3-4-11(15)12(6-9)16-13(19)7-17-5-1-2-10(17)8-18/h3-4,6,10,18H,1-2,5,7-8,15H2,(H,16,19). The smallest absolute Gasteiger partial charge is 0.238 e. The predicted octanol–water partition coefficient (Wildman–Crippen LogP) is 1.32. The Hall–Kier alpha value is -1.30. The third-order valence-corrected chi connectivity index (χ3v) is 3.58. The molecule has 1 heterocycles. The third-order valence-electron chi connectivity index (χ3n) is 3.35. The van der Waals surface area contributed by atoms with Gasteiger partial charge in [0.1, 0.15) is 0 Å². The highest BCUT2D eigenvalue weighted by atomic mass is 35.5. The molecule has 0 radical (unpaired) electrons. The van der Waals surface area contributed by atoms with E-state index < -0.39 is 0 Å². The fraction of sp³-hybridized carbons (Fsp3) is 0.462. The van der Waals surface area contributed by atoms with Crippen LogP contribution in [0.25, 0.3) is 0 Å². The van der Waals surface area contributed by atoms with Crippen molar-refractivity contribution < 1.29 is 9.90 Å². The lowest BCUT2D eigenvalue weighted by molar-refractivity contribution is -0.117. The fourth-order valence-electron chi connectivity index (χ4n) is 2.32. The number of halogens is 1. The average Bonchev–Trinajstić information content (AvgIpc) is 2.81. The SMILES string of the molecule is Nc1ccc(Cl)cc1NC(=O)CN1CCCC1CO. The van der Waals surface area contributed by atoms with Gasteiger partial charge in [-0.3, -0.25) is 9.69 Å². The molecule has 19 heavy (non-hydrogen) atoms. The van der Waals surface area contributed by atoms with Crippen LogP contribution in [0.5, 0.6) is 0 Å².